The highest BCUT2D eigenvalue weighted by Gasteiger charge is 2.24. The van der Waals surface area contributed by atoms with Crippen molar-refractivity contribution in [3.8, 4) is 35.2 Å². The van der Waals surface area contributed by atoms with Crippen LogP contribution in [0.4, 0.5) is 8.78 Å². The molecule has 4 heterocycles. The van der Waals surface area contributed by atoms with Gasteiger partial charge in [0, 0.05) is 37.3 Å². The fourth-order valence-electron chi connectivity index (χ4n) is 3.88. The molecular formula is C29H27F2N5O3. The minimum Gasteiger partial charge on any atom is -0.486 e. The summed E-state index contributed by atoms with van der Waals surface area (Å²) < 4.78 is 40.0. The van der Waals surface area contributed by atoms with E-state index in [1.165, 1.54) is 4.57 Å². The number of terminal acetylenes is 1. The van der Waals surface area contributed by atoms with Gasteiger partial charge in [-0.1, -0.05) is 12.8 Å². The average molecular weight is 532 g/mol. The van der Waals surface area contributed by atoms with Crippen molar-refractivity contribution >= 4 is 0 Å². The minimum atomic E-state index is -0.858. The van der Waals surface area contributed by atoms with Gasteiger partial charge in [0.1, 0.15) is 35.0 Å². The monoisotopic (exact) mass is 531 g/mol. The lowest BCUT2D eigenvalue weighted by atomic mass is 10.1. The summed E-state index contributed by atoms with van der Waals surface area (Å²) in [6.07, 6.45) is 10.3. The lowest BCUT2D eigenvalue weighted by Crippen LogP contribution is -2.26. The molecule has 0 aromatic carbocycles. The molecule has 39 heavy (non-hydrogen) atoms. The van der Waals surface area contributed by atoms with Crippen LogP contribution in [-0.4, -0.2) is 31.6 Å². The summed E-state index contributed by atoms with van der Waals surface area (Å²) in [5.41, 5.74) is 1.65. The topological polar surface area (TPSA) is 92.0 Å². The zero-order chi connectivity index (χ0) is 28.3. The number of nitrogens with zero attached hydrogens (tertiary/aromatic N) is 5. The smallest absolute Gasteiger partial charge is 0.274 e. The number of ether oxygens (including phenoxy) is 2. The van der Waals surface area contributed by atoms with Gasteiger partial charge in [-0.25, -0.2) is 18.7 Å². The molecular weight excluding hydrogens is 504 g/mol. The molecule has 0 N–H and O–H groups in total. The standard InChI is InChI=1S/C29H27F2N5O3/c1-7-19-12-26(39-16-24-21(31)11-18(30)15-34-24)20(8-2)27(37)36(19)25-13-23(33-14-17(25)3)22-9-10-32-28(35-22)29(4,5)38-6/h2,9-15H,7,16H2,1,3-6H3. The maximum absolute atomic E-state index is 14.1. The first-order chi connectivity index (χ1) is 18.6. The molecule has 0 amide bonds. The predicted octanol–water partition coefficient (Wildman–Crippen LogP) is 4.68. The fourth-order valence-corrected chi connectivity index (χ4v) is 3.88. The van der Waals surface area contributed by atoms with Gasteiger partial charge in [-0.15, -0.1) is 6.42 Å². The van der Waals surface area contributed by atoms with E-state index < -0.39 is 22.8 Å². The molecule has 0 aliphatic carbocycles. The van der Waals surface area contributed by atoms with Crippen molar-refractivity contribution < 1.29 is 18.3 Å². The first kappa shape index (κ1) is 27.5. The first-order valence-corrected chi connectivity index (χ1v) is 12.1. The van der Waals surface area contributed by atoms with Crippen LogP contribution in [0.1, 0.15) is 49.1 Å². The van der Waals surface area contributed by atoms with E-state index in [-0.39, 0.29) is 23.6 Å². The van der Waals surface area contributed by atoms with Gasteiger partial charge in [-0.3, -0.25) is 19.3 Å². The molecule has 0 aliphatic heterocycles. The molecule has 4 rings (SSSR count). The van der Waals surface area contributed by atoms with E-state index >= 15 is 0 Å². The number of pyridine rings is 3. The second-order valence-electron chi connectivity index (χ2n) is 9.22. The van der Waals surface area contributed by atoms with Crippen LogP contribution < -0.4 is 10.3 Å². The van der Waals surface area contributed by atoms with E-state index in [2.05, 4.69) is 25.9 Å². The Kier molecular flexibility index (Phi) is 7.83. The number of aromatic nitrogens is 5. The summed E-state index contributed by atoms with van der Waals surface area (Å²) in [5, 5.41) is 0. The molecule has 0 atom stereocenters. The van der Waals surface area contributed by atoms with Crippen LogP contribution in [0.2, 0.25) is 0 Å². The van der Waals surface area contributed by atoms with E-state index in [4.69, 9.17) is 15.9 Å². The first-order valence-electron chi connectivity index (χ1n) is 12.1. The summed E-state index contributed by atoms with van der Waals surface area (Å²) in [5.74, 6) is 1.33. The second kappa shape index (κ2) is 11.1. The highest BCUT2D eigenvalue weighted by Crippen LogP contribution is 2.27. The molecule has 0 spiro atoms. The minimum absolute atomic E-state index is 0.0429. The Labute approximate surface area is 224 Å². The van der Waals surface area contributed by atoms with Crippen LogP contribution in [0.3, 0.4) is 0 Å². The third-order valence-electron chi connectivity index (χ3n) is 6.29. The third-order valence-corrected chi connectivity index (χ3v) is 6.29. The maximum atomic E-state index is 14.1. The van der Waals surface area contributed by atoms with Gasteiger partial charge in [-0.2, -0.15) is 0 Å². The van der Waals surface area contributed by atoms with Crippen molar-refractivity contribution in [1.82, 2.24) is 24.5 Å². The van der Waals surface area contributed by atoms with Gasteiger partial charge in [-0.05, 0) is 44.9 Å². The summed E-state index contributed by atoms with van der Waals surface area (Å²) >= 11 is 0. The molecule has 0 fully saturated rings. The fraction of sp³-hybridized carbons (Fsp3) is 0.276. The molecule has 4 aromatic rings. The van der Waals surface area contributed by atoms with Gasteiger partial charge in [0.15, 0.2) is 11.6 Å². The lowest BCUT2D eigenvalue weighted by Gasteiger charge is -2.21. The number of halogens is 2. The van der Waals surface area contributed by atoms with Crippen molar-refractivity contribution in [1.29, 1.82) is 0 Å². The quantitative estimate of drug-likeness (QED) is 0.305. The second-order valence-corrected chi connectivity index (χ2v) is 9.22. The molecule has 8 nitrogen and oxygen atoms in total. The summed E-state index contributed by atoms with van der Waals surface area (Å²) in [6, 6.07) is 5.85. The lowest BCUT2D eigenvalue weighted by molar-refractivity contribution is 0.0115. The number of methoxy groups -OCH3 is 1. The predicted molar refractivity (Wildman–Crippen MR) is 141 cm³/mol. The van der Waals surface area contributed by atoms with Gasteiger partial charge in [0.2, 0.25) is 0 Å². The Morgan fingerprint density at radius 3 is 2.54 bits per heavy atom. The molecule has 200 valence electrons. The summed E-state index contributed by atoms with van der Waals surface area (Å²) in [4.78, 5) is 30.9. The van der Waals surface area contributed by atoms with Gasteiger partial charge >= 0.3 is 0 Å². The van der Waals surface area contributed by atoms with Gasteiger partial charge < -0.3 is 9.47 Å². The largest absolute Gasteiger partial charge is 0.486 e. The van der Waals surface area contributed by atoms with Crippen LogP contribution in [0.5, 0.6) is 5.75 Å². The summed E-state index contributed by atoms with van der Waals surface area (Å²) in [6.45, 7) is 7.10. The molecule has 0 aliphatic rings. The maximum Gasteiger partial charge on any atom is 0.274 e. The zero-order valence-corrected chi connectivity index (χ0v) is 22.2. The van der Waals surface area contributed by atoms with Crippen molar-refractivity contribution in [2.24, 2.45) is 0 Å². The molecule has 0 bridgehead atoms. The normalized spacial score (nSPS) is 11.3. The van der Waals surface area contributed by atoms with E-state index in [0.717, 1.165) is 11.8 Å². The van der Waals surface area contributed by atoms with Gasteiger partial charge in [0.05, 0.1) is 23.3 Å². The molecule has 10 heteroatoms. The molecule has 0 saturated carbocycles. The molecule has 4 aromatic heterocycles. The van der Waals surface area contributed by atoms with Crippen molar-refractivity contribution in [3.05, 3.63) is 93.2 Å². The molecule has 0 radical (unpaired) electrons. The van der Waals surface area contributed by atoms with E-state index in [1.54, 1.807) is 37.7 Å². The van der Waals surface area contributed by atoms with Crippen LogP contribution in [-0.2, 0) is 23.4 Å². The Morgan fingerprint density at radius 2 is 1.87 bits per heavy atom. The van der Waals surface area contributed by atoms with Crippen LogP contribution in [0.25, 0.3) is 17.1 Å². The number of aryl methyl sites for hydroxylation is 2. The highest BCUT2D eigenvalue weighted by atomic mass is 19.1. The highest BCUT2D eigenvalue weighted by molar-refractivity contribution is 5.60. The van der Waals surface area contributed by atoms with E-state index in [0.29, 0.717) is 41.1 Å². The van der Waals surface area contributed by atoms with Crippen LogP contribution >= 0.6 is 0 Å². The Morgan fingerprint density at radius 1 is 1.10 bits per heavy atom. The Balaban J connectivity index is 1.79. The van der Waals surface area contributed by atoms with Crippen LogP contribution in [0, 0.1) is 30.9 Å². The zero-order valence-electron chi connectivity index (χ0n) is 22.2. The Hall–Kier alpha value is -4.49. The number of hydrogen-bond donors (Lipinski definition) is 0. The Bertz CT molecular complexity index is 1640. The number of rotatable bonds is 8. The molecule has 0 saturated heterocycles. The SMILES string of the molecule is C#Cc1c(OCc2ncc(F)cc2F)cc(CC)n(-c2cc(-c3ccnc(C(C)(C)OC)n3)ncc2C)c1=O. The number of hydrogen-bond acceptors (Lipinski definition) is 7. The van der Waals surface area contributed by atoms with Crippen molar-refractivity contribution in [3.63, 3.8) is 0 Å². The van der Waals surface area contributed by atoms with E-state index in [9.17, 15) is 13.6 Å². The summed E-state index contributed by atoms with van der Waals surface area (Å²) in [7, 11) is 1.58. The average Bonchev–Trinajstić information content (AvgIpc) is 2.93. The van der Waals surface area contributed by atoms with Gasteiger partial charge in [0.25, 0.3) is 5.56 Å². The van der Waals surface area contributed by atoms with Crippen molar-refractivity contribution in [2.45, 2.75) is 46.3 Å². The molecule has 0 unspecified atom stereocenters. The third kappa shape index (κ3) is 5.54. The van der Waals surface area contributed by atoms with Crippen LogP contribution in [0.15, 0.2) is 47.7 Å². The van der Waals surface area contributed by atoms with E-state index in [1.807, 2.05) is 27.7 Å². The van der Waals surface area contributed by atoms with Crippen molar-refractivity contribution in [2.75, 3.05) is 7.11 Å².